The molecule has 0 bridgehead atoms. The summed E-state index contributed by atoms with van der Waals surface area (Å²) in [6.07, 6.45) is 0. The van der Waals surface area contributed by atoms with Crippen molar-refractivity contribution in [1.29, 1.82) is 0 Å². The number of aromatic nitrogens is 1. The number of nitrogens with zero attached hydrogens (tertiary/aromatic N) is 1. The van der Waals surface area contributed by atoms with Gasteiger partial charge in [-0.05, 0) is 31.3 Å². The maximum atomic E-state index is 4.65. The van der Waals surface area contributed by atoms with Crippen LogP contribution in [-0.4, -0.2) is 11.5 Å². The number of thiazole rings is 1. The van der Waals surface area contributed by atoms with Crippen molar-refractivity contribution in [2.24, 2.45) is 0 Å². The molecule has 1 N–H and O–H groups in total. The van der Waals surface area contributed by atoms with Crippen LogP contribution >= 0.6 is 22.7 Å². The van der Waals surface area contributed by atoms with Gasteiger partial charge in [0.15, 0.2) is 0 Å². The average Bonchev–Trinajstić information content (AvgIpc) is 2.82. The van der Waals surface area contributed by atoms with Crippen LogP contribution in [0.15, 0.2) is 10.8 Å². The molecule has 2 aromatic rings. The van der Waals surface area contributed by atoms with Gasteiger partial charge < -0.3 is 5.32 Å². The van der Waals surface area contributed by atoms with Crippen LogP contribution in [0.2, 0.25) is 0 Å². The molecular weight excluding hydrogens is 236 g/mol. The summed E-state index contributed by atoms with van der Waals surface area (Å²) < 4.78 is 0. The average molecular weight is 252 g/mol. The van der Waals surface area contributed by atoms with Crippen LogP contribution in [0.3, 0.4) is 0 Å². The van der Waals surface area contributed by atoms with Gasteiger partial charge in [-0.2, -0.15) is 11.3 Å². The molecule has 0 spiro atoms. The molecule has 0 aliphatic heterocycles. The third kappa shape index (κ3) is 2.34. The van der Waals surface area contributed by atoms with E-state index in [1.54, 1.807) is 22.7 Å². The zero-order valence-corrected chi connectivity index (χ0v) is 11.5. The maximum Gasteiger partial charge on any atom is 0.125 e. The first-order valence-corrected chi connectivity index (χ1v) is 7.18. The Morgan fingerprint density at radius 1 is 1.31 bits per heavy atom. The highest BCUT2D eigenvalue weighted by atomic mass is 32.1. The predicted octanol–water partition coefficient (Wildman–Crippen LogP) is 3.60. The normalized spacial score (nSPS) is 10.9. The molecule has 0 aliphatic rings. The van der Waals surface area contributed by atoms with Crippen molar-refractivity contribution in [3.63, 3.8) is 0 Å². The number of nitrogens with one attached hydrogen (secondary N) is 1. The van der Waals surface area contributed by atoms with Gasteiger partial charge in [0.05, 0.1) is 5.69 Å². The fourth-order valence-electron chi connectivity index (χ4n) is 1.53. The SMILES string of the molecule is CCNCc1sc(-c2cscc2C)nc1C. The van der Waals surface area contributed by atoms with E-state index >= 15 is 0 Å². The van der Waals surface area contributed by atoms with E-state index in [4.69, 9.17) is 0 Å². The first kappa shape index (κ1) is 11.8. The maximum absolute atomic E-state index is 4.65. The number of hydrogen-bond donors (Lipinski definition) is 1. The molecular formula is C12H16N2S2. The summed E-state index contributed by atoms with van der Waals surface area (Å²) in [5.41, 5.74) is 3.78. The summed E-state index contributed by atoms with van der Waals surface area (Å²) in [5.74, 6) is 0. The van der Waals surface area contributed by atoms with E-state index in [1.165, 1.54) is 16.0 Å². The molecule has 2 heterocycles. The highest BCUT2D eigenvalue weighted by Gasteiger charge is 2.11. The lowest BCUT2D eigenvalue weighted by Crippen LogP contribution is -2.11. The van der Waals surface area contributed by atoms with E-state index < -0.39 is 0 Å². The van der Waals surface area contributed by atoms with Gasteiger partial charge in [0.2, 0.25) is 0 Å². The molecule has 0 fully saturated rings. The van der Waals surface area contributed by atoms with Crippen LogP contribution < -0.4 is 5.32 Å². The Bertz CT molecular complexity index is 471. The second kappa shape index (κ2) is 5.08. The van der Waals surface area contributed by atoms with Gasteiger partial charge >= 0.3 is 0 Å². The molecule has 0 saturated carbocycles. The summed E-state index contributed by atoms with van der Waals surface area (Å²) in [4.78, 5) is 6.00. The minimum absolute atomic E-state index is 0.934. The predicted molar refractivity (Wildman–Crippen MR) is 72.3 cm³/mol. The smallest absolute Gasteiger partial charge is 0.125 e. The molecule has 0 unspecified atom stereocenters. The molecule has 0 saturated heterocycles. The molecule has 0 amide bonds. The summed E-state index contributed by atoms with van der Waals surface area (Å²) in [7, 11) is 0. The van der Waals surface area contributed by atoms with Crippen molar-refractivity contribution in [2.75, 3.05) is 6.54 Å². The van der Waals surface area contributed by atoms with E-state index in [-0.39, 0.29) is 0 Å². The number of aryl methyl sites for hydroxylation is 2. The lowest BCUT2D eigenvalue weighted by molar-refractivity contribution is 0.731. The van der Waals surface area contributed by atoms with E-state index in [2.05, 4.69) is 41.8 Å². The highest BCUT2D eigenvalue weighted by molar-refractivity contribution is 7.15. The monoisotopic (exact) mass is 252 g/mol. The minimum Gasteiger partial charge on any atom is -0.312 e. The van der Waals surface area contributed by atoms with E-state index in [0.717, 1.165) is 23.8 Å². The number of hydrogen-bond acceptors (Lipinski definition) is 4. The Morgan fingerprint density at radius 2 is 2.12 bits per heavy atom. The van der Waals surface area contributed by atoms with Crippen molar-refractivity contribution < 1.29 is 0 Å². The quantitative estimate of drug-likeness (QED) is 0.899. The topological polar surface area (TPSA) is 24.9 Å². The zero-order valence-electron chi connectivity index (χ0n) is 9.83. The van der Waals surface area contributed by atoms with Crippen molar-refractivity contribution >= 4 is 22.7 Å². The van der Waals surface area contributed by atoms with Crippen LogP contribution in [0.4, 0.5) is 0 Å². The third-order valence-electron chi connectivity index (χ3n) is 2.51. The first-order chi connectivity index (χ1) is 7.72. The highest BCUT2D eigenvalue weighted by Crippen LogP contribution is 2.32. The second-order valence-electron chi connectivity index (χ2n) is 3.78. The van der Waals surface area contributed by atoms with Gasteiger partial charge in [0, 0.05) is 22.4 Å². The Morgan fingerprint density at radius 3 is 2.75 bits per heavy atom. The largest absolute Gasteiger partial charge is 0.312 e. The van der Waals surface area contributed by atoms with Crippen LogP contribution in [0.1, 0.15) is 23.1 Å². The molecule has 86 valence electrons. The van der Waals surface area contributed by atoms with E-state index in [1.807, 2.05) is 0 Å². The second-order valence-corrected chi connectivity index (χ2v) is 5.60. The first-order valence-electron chi connectivity index (χ1n) is 5.42. The summed E-state index contributed by atoms with van der Waals surface area (Å²) >= 11 is 3.55. The van der Waals surface area contributed by atoms with Crippen molar-refractivity contribution in [1.82, 2.24) is 10.3 Å². The van der Waals surface area contributed by atoms with Crippen LogP contribution in [0.25, 0.3) is 10.6 Å². The lowest BCUT2D eigenvalue weighted by atomic mass is 10.2. The van der Waals surface area contributed by atoms with Crippen molar-refractivity contribution in [3.8, 4) is 10.6 Å². The summed E-state index contributed by atoms with van der Waals surface area (Å²) in [6.45, 7) is 8.30. The molecule has 0 aromatic carbocycles. The third-order valence-corrected chi connectivity index (χ3v) is 4.57. The molecule has 0 atom stereocenters. The Kier molecular flexibility index (Phi) is 3.74. The van der Waals surface area contributed by atoms with Crippen LogP contribution in [0.5, 0.6) is 0 Å². The molecule has 2 rings (SSSR count). The van der Waals surface area contributed by atoms with Crippen LogP contribution in [0, 0.1) is 13.8 Å². The fourth-order valence-corrected chi connectivity index (χ4v) is 3.55. The number of rotatable bonds is 4. The summed E-state index contributed by atoms with van der Waals surface area (Å²) in [5, 5.41) is 8.87. The molecule has 4 heteroatoms. The van der Waals surface area contributed by atoms with Crippen LogP contribution in [-0.2, 0) is 6.54 Å². The zero-order chi connectivity index (χ0) is 11.5. The Labute approximate surface area is 104 Å². The fraction of sp³-hybridized carbons (Fsp3) is 0.417. The van der Waals surface area contributed by atoms with Gasteiger partial charge in [-0.1, -0.05) is 6.92 Å². The van der Waals surface area contributed by atoms with E-state index in [0.29, 0.717) is 0 Å². The molecule has 0 radical (unpaired) electrons. The van der Waals surface area contributed by atoms with Gasteiger partial charge in [0.1, 0.15) is 5.01 Å². The summed E-state index contributed by atoms with van der Waals surface area (Å²) in [6, 6.07) is 0. The molecule has 0 aliphatic carbocycles. The van der Waals surface area contributed by atoms with Crippen molar-refractivity contribution in [3.05, 3.63) is 26.9 Å². The molecule has 2 aromatic heterocycles. The van der Waals surface area contributed by atoms with Gasteiger partial charge in [-0.15, -0.1) is 11.3 Å². The van der Waals surface area contributed by atoms with Crippen molar-refractivity contribution in [2.45, 2.75) is 27.3 Å². The Hall–Kier alpha value is -0.710. The minimum atomic E-state index is 0.934. The standard InChI is InChI=1S/C12H16N2S2/c1-4-13-5-11-9(3)14-12(16-11)10-7-15-6-8(10)2/h6-7,13H,4-5H2,1-3H3. The van der Waals surface area contributed by atoms with Gasteiger partial charge in [0.25, 0.3) is 0 Å². The molecule has 2 nitrogen and oxygen atoms in total. The van der Waals surface area contributed by atoms with Gasteiger partial charge in [-0.3, -0.25) is 0 Å². The lowest BCUT2D eigenvalue weighted by Gasteiger charge is -1.97. The Balaban J connectivity index is 2.27. The molecule has 16 heavy (non-hydrogen) atoms. The van der Waals surface area contributed by atoms with Gasteiger partial charge in [-0.25, -0.2) is 4.98 Å². The number of thiophene rings is 1. The van der Waals surface area contributed by atoms with E-state index in [9.17, 15) is 0 Å².